The van der Waals surface area contributed by atoms with Gasteiger partial charge in [-0.3, -0.25) is 9.59 Å². The molecule has 1 amide bonds. The normalized spacial score (nSPS) is 14.7. The van der Waals surface area contributed by atoms with Crippen molar-refractivity contribution in [3.05, 3.63) is 65.7 Å². The fourth-order valence-corrected chi connectivity index (χ4v) is 2.27. The molecule has 0 saturated heterocycles. The Kier molecular flexibility index (Phi) is 3.28. The Hall–Kier alpha value is -2.88. The zero-order chi connectivity index (χ0) is 14.8. The number of benzene rings is 2. The van der Waals surface area contributed by atoms with Crippen molar-refractivity contribution in [2.45, 2.75) is 0 Å². The number of amides is 1. The van der Waals surface area contributed by atoms with Crippen molar-refractivity contribution >= 4 is 23.0 Å². The van der Waals surface area contributed by atoms with E-state index < -0.39 is 0 Å². The fraction of sp³-hybridized carbons (Fsp3) is 0.0588. The quantitative estimate of drug-likeness (QED) is 0.694. The zero-order valence-corrected chi connectivity index (χ0v) is 11.4. The highest BCUT2D eigenvalue weighted by atomic mass is 16.5. The molecule has 21 heavy (non-hydrogen) atoms. The molecule has 4 heteroatoms. The molecule has 0 aromatic heterocycles. The number of rotatable bonds is 3. The van der Waals surface area contributed by atoms with Crippen molar-refractivity contribution in [3.63, 3.8) is 0 Å². The van der Waals surface area contributed by atoms with Gasteiger partial charge in [0.25, 0.3) is 5.91 Å². The maximum Gasteiger partial charge on any atom is 0.256 e. The molecular weight excluding hydrogens is 266 g/mol. The third-order valence-electron chi connectivity index (χ3n) is 3.34. The van der Waals surface area contributed by atoms with Gasteiger partial charge < -0.3 is 10.1 Å². The molecule has 1 aliphatic rings. The number of carbonyl (C=O) groups excluding carboxylic acids is 2. The van der Waals surface area contributed by atoms with E-state index in [-0.39, 0.29) is 11.7 Å². The molecular formula is C17H13NO3. The van der Waals surface area contributed by atoms with Crippen LogP contribution in [0.1, 0.15) is 15.9 Å². The van der Waals surface area contributed by atoms with Crippen LogP contribution in [0.4, 0.5) is 5.69 Å². The van der Waals surface area contributed by atoms with E-state index in [0.29, 0.717) is 16.9 Å². The number of anilines is 1. The molecule has 1 heterocycles. The first-order chi connectivity index (χ1) is 10.2. The number of hydrogen-bond acceptors (Lipinski definition) is 3. The molecule has 1 aliphatic heterocycles. The molecule has 3 rings (SSSR count). The second-order valence-corrected chi connectivity index (χ2v) is 4.65. The molecule has 0 unspecified atom stereocenters. The molecule has 0 fully saturated rings. The molecule has 0 saturated carbocycles. The first kappa shape index (κ1) is 13.1. The van der Waals surface area contributed by atoms with Crippen LogP contribution < -0.4 is 10.1 Å². The van der Waals surface area contributed by atoms with Gasteiger partial charge in [0.2, 0.25) is 0 Å². The van der Waals surface area contributed by atoms with Crippen molar-refractivity contribution in [2.24, 2.45) is 0 Å². The zero-order valence-electron chi connectivity index (χ0n) is 11.4. The minimum atomic E-state index is -0.257. The SMILES string of the molecule is COc1cccc(C(=O)/C=C2/C(=O)Nc3ccccc32)c1. The summed E-state index contributed by atoms with van der Waals surface area (Å²) in [5.41, 5.74) is 2.35. The van der Waals surface area contributed by atoms with E-state index >= 15 is 0 Å². The van der Waals surface area contributed by atoms with E-state index in [0.717, 1.165) is 11.3 Å². The topological polar surface area (TPSA) is 55.4 Å². The fourth-order valence-electron chi connectivity index (χ4n) is 2.27. The Morgan fingerprint density at radius 2 is 1.95 bits per heavy atom. The Morgan fingerprint density at radius 3 is 2.76 bits per heavy atom. The summed E-state index contributed by atoms with van der Waals surface area (Å²) in [7, 11) is 1.54. The summed E-state index contributed by atoms with van der Waals surface area (Å²) >= 11 is 0. The lowest BCUT2D eigenvalue weighted by Crippen LogP contribution is -2.06. The minimum Gasteiger partial charge on any atom is -0.497 e. The number of para-hydroxylation sites is 1. The first-order valence-corrected chi connectivity index (χ1v) is 6.50. The van der Waals surface area contributed by atoms with Gasteiger partial charge in [0, 0.05) is 16.8 Å². The second kappa shape index (κ2) is 5.25. The number of allylic oxidation sites excluding steroid dienone is 1. The van der Waals surface area contributed by atoms with Crippen LogP contribution in [0.5, 0.6) is 5.75 Å². The molecule has 2 aromatic carbocycles. The van der Waals surface area contributed by atoms with Crippen molar-refractivity contribution in [1.29, 1.82) is 0 Å². The van der Waals surface area contributed by atoms with Gasteiger partial charge >= 0.3 is 0 Å². The van der Waals surface area contributed by atoms with Crippen LogP contribution in [0, 0.1) is 0 Å². The summed E-state index contributed by atoms with van der Waals surface area (Å²) in [5, 5.41) is 2.74. The van der Waals surface area contributed by atoms with Gasteiger partial charge in [0.1, 0.15) is 5.75 Å². The number of nitrogens with one attached hydrogen (secondary N) is 1. The second-order valence-electron chi connectivity index (χ2n) is 4.65. The summed E-state index contributed by atoms with van der Waals surface area (Å²) in [6.45, 7) is 0. The standard InChI is InChI=1S/C17H13NO3/c1-21-12-6-4-5-11(9-12)16(19)10-14-13-7-2-3-8-15(13)18-17(14)20/h2-10H,1H3,(H,18,20)/b14-10+. The molecule has 104 valence electrons. The smallest absolute Gasteiger partial charge is 0.256 e. The van der Waals surface area contributed by atoms with Gasteiger partial charge in [-0.25, -0.2) is 0 Å². The minimum absolute atomic E-state index is 0.226. The van der Waals surface area contributed by atoms with Crippen LogP contribution in [-0.4, -0.2) is 18.8 Å². The summed E-state index contributed by atoms with van der Waals surface area (Å²) in [4.78, 5) is 24.3. The van der Waals surface area contributed by atoms with Crippen LogP contribution in [0.3, 0.4) is 0 Å². The lowest BCUT2D eigenvalue weighted by Gasteiger charge is -2.02. The average Bonchev–Trinajstić information content (AvgIpc) is 2.83. The maximum absolute atomic E-state index is 12.3. The van der Waals surface area contributed by atoms with Crippen LogP contribution in [-0.2, 0) is 4.79 Å². The summed E-state index contributed by atoms with van der Waals surface area (Å²) in [5.74, 6) is 0.124. The van der Waals surface area contributed by atoms with E-state index in [1.807, 2.05) is 24.3 Å². The molecule has 1 N–H and O–H groups in total. The predicted octanol–water partition coefficient (Wildman–Crippen LogP) is 2.91. The van der Waals surface area contributed by atoms with Crippen molar-refractivity contribution < 1.29 is 14.3 Å². The molecule has 4 nitrogen and oxygen atoms in total. The summed E-state index contributed by atoms with van der Waals surface area (Å²) in [6.07, 6.45) is 1.37. The molecule has 0 radical (unpaired) electrons. The highest BCUT2D eigenvalue weighted by Crippen LogP contribution is 2.31. The van der Waals surface area contributed by atoms with Crippen molar-refractivity contribution in [3.8, 4) is 5.75 Å². The largest absolute Gasteiger partial charge is 0.497 e. The van der Waals surface area contributed by atoms with Crippen molar-refractivity contribution in [1.82, 2.24) is 0 Å². The predicted molar refractivity (Wildman–Crippen MR) is 80.4 cm³/mol. The van der Waals surface area contributed by atoms with Gasteiger partial charge in [-0.15, -0.1) is 0 Å². The molecule has 2 aromatic rings. The van der Waals surface area contributed by atoms with Gasteiger partial charge in [0.15, 0.2) is 5.78 Å². The first-order valence-electron chi connectivity index (χ1n) is 6.50. The van der Waals surface area contributed by atoms with Gasteiger partial charge in [-0.1, -0.05) is 30.3 Å². The Morgan fingerprint density at radius 1 is 1.14 bits per heavy atom. The van der Waals surface area contributed by atoms with Gasteiger partial charge in [-0.2, -0.15) is 0 Å². The third-order valence-corrected chi connectivity index (χ3v) is 3.34. The summed E-state index contributed by atoms with van der Waals surface area (Å²) < 4.78 is 5.10. The number of ketones is 1. The molecule has 0 aliphatic carbocycles. The number of methoxy groups -OCH3 is 1. The Labute approximate surface area is 122 Å². The lowest BCUT2D eigenvalue weighted by atomic mass is 10.0. The van der Waals surface area contributed by atoms with E-state index in [2.05, 4.69) is 5.32 Å². The van der Waals surface area contributed by atoms with Crippen LogP contribution in [0.25, 0.3) is 5.57 Å². The van der Waals surface area contributed by atoms with Crippen LogP contribution >= 0.6 is 0 Å². The summed E-state index contributed by atoms with van der Waals surface area (Å²) in [6, 6.07) is 14.2. The number of fused-ring (bicyclic) bond motifs is 1. The highest BCUT2D eigenvalue weighted by Gasteiger charge is 2.24. The number of ether oxygens (including phenoxy) is 1. The lowest BCUT2D eigenvalue weighted by molar-refractivity contribution is -0.110. The number of carbonyl (C=O) groups is 2. The Bertz CT molecular complexity index is 762. The van der Waals surface area contributed by atoms with E-state index in [1.54, 1.807) is 31.4 Å². The molecule has 0 bridgehead atoms. The number of hydrogen-bond donors (Lipinski definition) is 1. The van der Waals surface area contributed by atoms with Gasteiger partial charge in [0.05, 0.1) is 12.7 Å². The van der Waals surface area contributed by atoms with E-state index in [1.165, 1.54) is 6.08 Å². The van der Waals surface area contributed by atoms with Crippen LogP contribution in [0.2, 0.25) is 0 Å². The highest BCUT2D eigenvalue weighted by molar-refractivity contribution is 6.35. The maximum atomic E-state index is 12.3. The average molecular weight is 279 g/mol. The molecule has 0 atom stereocenters. The van der Waals surface area contributed by atoms with E-state index in [4.69, 9.17) is 4.74 Å². The Balaban J connectivity index is 1.98. The van der Waals surface area contributed by atoms with Gasteiger partial charge in [-0.05, 0) is 24.3 Å². The van der Waals surface area contributed by atoms with E-state index in [9.17, 15) is 9.59 Å². The third kappa shape index (κ3) is 2.43. The van der Waals surface area contributed by atoms with Crippen molar-refractivity contribution in [2.75, 3.05) is 12.4 Å². The van der Waals surface area contributed by atoms with Crippen LogP contribution in [0.15, 0.2) is 54.6 Å². The molecule has 0 spiro atoms. The monoisotopic (exact) mass is 279 g/mol.